The van der Waals surface area contributed by atoms with Crippen LogP contribution in [0.1, 0.15) is 41.6 Å². The number of amides is 3. The third-order valence-corrected chi connectivity index (χ3v) is 5.27. The highest BCUT2D eigenvalue weighted by Gasteiger charge is 2.22. The van der Waals surface area contributed by atoms with Gasteiger partial charge in [-0.3, -0.25) is 10.1 Å². The summed E-state index contributed by atoms with van der Waals surface area (Å²) in [6.07, 6.45) is 4.43. The number of carbonyl (C=O) groups excluding carboxylic acids is 2. The SMILES string of the molecule is CCNC(=O)Nc1cc(CC2CCN(c3ccc(C(=O)NC)nc3C)CC2)ncn1. The van der Waals surface area contributed by atoms with Crippen LogP contribution in [0.5, 0.6) is 0 Å². The molecular formula is C21H29N7O2. The fraction of sp³-hybridized carbons (Fsp3) is 0.476. The number of urea groups is 1. The predicted octanol–water partition coefficient (Wildman–Crippen LogP) is 2.14. The van der Waals surface area contributed by atoms with Crippen molar-refractivity contribution >= 4 is 23.4 Å². The van der Waals surface area contributed by atoms with Gasteiger partial charge in [0, 0.05) is 38.4 Å². The molecule has 0 saturated carbocycles. The number of nitrogens with zero attached hydrogens (tertiary/aromatic N) is 4. The van der Waals surface area contributed by atoms with Crippen LogP contribution in [0.3, 0.4) is 0 Å². The zero-order valence-electron chi connectivity index (χ0n) is 17.7. The number of anilines is 2. The molecule has 0 radical (unpaired) electrons. The Hall–Kier alpha value is -3.23. The van der Waals surface area contributed by atoms with Crippen molar-refractivity contribution in [2.45, 2.75) is 33.1 Å². The Morgan fingerprint density at radius 2 is 1.97 bits per heavy atom. The number of rotatable bonds is 6. The Morgan fingerprint density at radius 3 is 2.63 bits per heavy atom. The Labute approximate surface area is 176 Å². The molecule has 2 aromatic rings. The zero-order chi connectivity index (χ0) is 21.5. The summed E-state index contributed by atoms with van der Waals surface area (Å²) in [5.41, 5.74) is 3.32. The van der Waals surface area contributed by atoms with Gasteiger partial charge in [-0.05, 0) is 51.2 Å². The molecule has 1 saturated heterocycles. The summed E-state index contributed by atoms with van der Waals surface area (Å²) in [6, 6.07) is 5.34. The van der Waals surface area contributed by atoms with Crippen LogP contribution in [0.15, 0.2) is 24.5 Å². The molecule has 30 heavy (non-hydrogen) atoms. The van der Waals surface area contributed by atoms with Crippen molar-refractivity contribution in [2.24, 2.45) is 5.92 Å². The molecule has 3 amide bonds. The molecule has 3 N–H and O–H groups in total. The second-order valence-electron chi connectivity index (χ2n) is 7.39. The number of pyridine rings is 1. The molecule has 160 valence electrons. The Morgan fingerprint density at radius 1 is 1.20 bits per heavy atom. The second-order valence-corrected chi connectivity index (χ2v) is 7.39. The summed E-state index contributed by atoms with van der Waals surface area (Å²) < 4.78 is 0. The number of carbonyl (C=O) groups is 2. The molecule has 2 aromatic heterocycles. The summed E-state index contributed by atoms with van der Waals surface area (Å²) >= 11 is 0. The molecule has 1 aliphatic rings. The first-order chi connectivity index (χ1) is 14.5. The standard InChI is InChI=1S/C21H29N7O2/c1-4-23-21(30)27-19-12-16(24-13-25-19)11-15-7-9-28(10-8-15)18-6-5-17(20(29)22-3)26-14(18)2/h5-6,12-13,15H,4,7-11H2,1-3H3,(H,22,29)(H2,23,24,25,27,30). The van der Waals surface area contributed by atoms with Gasteiger partial charge in [-0.1, -0.05) is 0 Å². The Kier molecular flexibility index (Phi) is 7.16. The smallest absolute Gasteiger partial charge is 0.320 e. The molecule has 0 aliphatic carbocycles. The normalized spacial score (nSPS) is 14.3. The average molecular weight is 412 g/mol. The van der Waals surface area contributed by atoms with Gasteiger partial charge >= 0.3 is 6.03 Å². The minimum atomic E-state index is -0.262. The van der Waals surface area contributed by atoms with E-state index in [1.807, 2.05) is 26.0 Å². The highest BCUT2D eigenvalue weighted by atomic mass is 16.2. The molecule has 0 unspecified atom stereocenters. The van der Waals surface area contributed by atoms with Crippen LogP contribution in [-0.4, -0.2) is 53.6 Å². The fourth-order valence-electron chi connectivity index (χ4n) is 3.71. The van der Waals surface area contributed by atoms with Crippen molar-refractivity contribution < 1.29 is 9.59 Å². The summed E-state index contributed by atoms with van der Waals surface area (Å²) in [4.78, 5) is 38.7. The average Bonchev–Trinajstić information content (AvgIpc) is 2.74. The lowest BCUT2D eigenvalue weighted by atomic mass is 9.91. The second kappa shape index (κ2) is 10.00. The van der Waals surface area contributed by atoms with E-state index in [4.69, 9.17) is 0 Å². The summed E-state index contributed by atoms with van der Waals surface area (Å²) in [6.45, 7) is 6.23. The first-order valence-corrected chi connectivity index (χ1v) is 10.3. The number of nitrogens with one attached hydrogen (secondary N) is 3. The fourth-order valence-corrected chi connectivity index (χ4v) is 3.71. The van der Waals surface area contributed by atoms with E-state index < -0.39 is 0 Å². The zero-order valence-corrected chi connectivity index (χ0v) is 17.7. The van der Waals surface area contributed by atoms with Crippen LogP contribution in [0.4, 0.5) is 16.3 Å². The maximum Gasteiger partial charge on any atom is 0.320 e. The van der Waals surface area contributed by atoms with Gasteiger partial charge in [-0.25, -0.2) is 19.7 Å². The van der Waals surface area contributed by atoms with Crippen molar-refractivity contribution in [3.05, 3.63) is 41.6 Å². The van der Waals surface area contributed by atoms with Crippen molar-refractivity contribution in [1.82, 2.24) is 25.6 Å². The van der Waals surface area contributed by atoms with E-state index in [1.54, 1.807) is 13.1 Å². The molecule has 3 heterocycles. The molecule has 3 rings (SSSR count). The maximum absolute atomic E-state index is 11.8. The molecule has 0 aromatic carbocycles. The molecule has 0 atom stereocenters. The molecule has 9 nitrogen and oxygen atoms in total. The van der Waals surface area contributed by atoms with E-state index in [9.17, 15) is 9.59 Å². The van der Waals surface area contributed by atoms with Crippen LogP contribution >= 0.6 is 0 Å². The molecule has 9 heteroatoms. The van der Waals surface area contributed by atoms with Crippen molar-refractivity contribution in [1.29, 1.82) is 0 Å². The van der Waals surface area contributed by atoms with Gasteiger partial charge in [0.25, 0.3) is 5.91 Å². The van der Waals surface area contributed by atoms with Gasteiger partial charge in [-0.15, -0.1) is 0 Å². The summed E-state index contributed by atoms with van der Waals surface area (Å²) in [5, 5.41) is 8.02. The highest BCUT2D eigenvalue weighted by molar-refractivity contribution is 5.92. The molecular weight excluding hydrogens is 382 g/mol. The Balaban J connectivity index is 1.56. The number of aryl methyl sites for hydroxylation is 1. The molecule has 1 aliphatic heterocycles. The van der Waals surface area contributed by atoms with Crippen LogP contribution in [0.2, 0.25) is 0 Å². The topological polar surface area (TPSA) is 112 Å². The van der Waals surface area contributed by atoms with Gasteiger partial charge in [0.1, 0.15) is 17.8 Å². The van der Waals surface area contributed by atoms with E-state index in [0.717, 1.165) is 49.4 Å². The lowest BCUT2D eigenvalue weighted by Crippen LogP contribution is -2.35. The van der Waals surface area contributed by atoms with Crippen molar-refractivity contribution in [2.75, 3.05) is 36.9 Å². The van der Waals surface area contributed by atoms with Crippen LogP contribution in [0.25, 0.3) is 0 Å². The Bertz CT molecular complexity index is 895. The third kappa shape index (κ3) is 5.43. The summed E-state index contributed by atoms with van der Waals surface area (Å²) in [5.74, 6) is 0.863. The highest BCUT2D eigenvalue weighted by Crippen LogP contribution is 2.27. The van der Waals surface area contributed by atoms with Gasteiger partial charge in [0.2, 0.25) is 0 Å². The maximum atomic E-state index is 11.8. The van der Waals surface area contributed by atoms with Crippen LogP contribution < -0.4 is 20.9 Å². The summed E-state index contributed by atoms with van der Waals surface area (Å²) in [7, 11) is 1.61. The van der Waals surface area contributed by atoms with Gasteiger partial charge in [-0.2, -0.15) is 0 Å². The van der Waals surface area contributed by atoms with Crippen LogP contribution in [0, 0.1) is 12.8 Å². The quantitative estimate of drug-likeness (QED) is 0.671. The molecule has 1 fully saturated rings. The number of hydrogen-bond acceptors (Lipinski definition) is 6. The van der Waals surface area contributed by atoms with E-state index in [-0.39, 0.29) is 11.9 Å². The molecule has 0 spiro atoms. The predicted molar refractivity (Wildman–Crippen MR) is 116 cm³/mol. The van der Waals surface area contributed by atoms with Gasteiger partial charge in [0.15, 0.2) is 0 Å². The number of piperidine rings is 1. The van der Waals surface area contributed by atoms with E-state index in [1.165, 1.54) is 6.33 Å². The lowest BCUT2D eigenvalue weighted by molar-refractivity contribution is 0.0958. The first-order valence-electron chi connectivity index (χ1n) is 10.3. The monoisotopic (exact) mass is 411 g/mol. The molecule has 0 bridgehead atoms. The number of aromatic nitrogens is 3. The first kappa shape index (κ1) is 21.5. The van der Waals surface area contributed by atoms with Crippen LogP contribution in [-0.2, 0) is 6.42 Å². The van der Waals surface area contributed by atoms with E-state index in [0.29, 0.717) is 24.0 Å². The minimum Gasteiger partial charge on any atom is -0.370 e. The van der Waals surface area contributed by atoms with E-state index in [2.05, 4.69) is 35.8 Å². The van der Waals surface area contributed by atoms with E-state index >= 15 is 0 Å². The lowest BCUT2D eigenvalue weighted by Gasteiger charge is -2.34. The van der Waals surface area contributed by atoms with Crippen molar-refractivity contribution in [3.8, 4) is 0 Å². The van der Waals surface area contributed by atoms with Gasteiger partial charge < -0.3 is 15.5 Å². The minimum absolute atomic E-state index is 0.172. The third-order valence-electron chi connectivity index (χ3n) is 5.27. The largest absolute Gasteiger partial charge is 0.370 e. The van der Waals surface area contributed by atoms with Crippen molar-refractivity contribution in [3.63, 3.8) is 0 Å². The number of hydrogen-bond donors (Lipinski definition) is 3. The van der Waals surface area contributed by atoms with Gasteiger partial charge in [0.05, 0.1) is 11.4 Å².